The van der Waals surface area contributed by atoms with Crippen LogP contribution in [0.1, 0.15) is 24.8 Å². The average molecular weight is 239 g/mol. The highest BCUT2D eigenvalue weighted by Crippen LogP contribution is 2.40. The topological polar surface area (TPSA) is 54.4 Å². The van der Waals surface area contributed by atoms with Crippen LogP contribution in [0.4, 0.5) is 0 Å². The quantitative estimate of drug-likeness (QED) is 0.861. The van der Waals surface area contributed by atoms with Gasteiger partial charge in [-0.05, 0) is 24.1 Å². The number of carbonyl (C=O) groups excluding carboxylic acids is 1. The highest BCUT2D eigenvalue weighted by atomic mass is 35.5. The van der Waals surface area contributed by atoms with Crippen molar-refractivity contribution in [2.75, 3.05) is 0 Å². The molecule has 1 aromatic rings. The molecule has 3 nitrogen and oxygen atoms in total. The summed E-state index contributed by atoms with van der Waals surface area (Å²) in [6, 6.07) is 6.76. The predicted octanol–water partition coefficient (Wildman–Crippen LogP) is 2.42. The van der Waals surface area contributed by atoms with E-state index < -0.39 is 11.4 Å². The van der Waals surface area contributed by atoms with E-state index in [0.717, 1.165) is 0 Å². The minimum Gasteiger partial charge on any atom is -0.481 e. The third-order valence-corrected chi connectivity index (χ3v) is 3.35. The van der Waals surface area contributed by atoms with Gasteiger partial charge >= 0.3 is 5.97 Å². The number of benzene rings is 1. The standard InChI is InChI=1S/C12H11ClO3/c13-9-3-1-2-8(6-9)12(11(15)16)5-4-10(14)7-12/h1-3,6H,4-5,7H2,(H,15,16). The molecule has 2 rings (SSSR count). The van der Waals surface area contributed by atoms with Crippen molar-refractivity contribution in [1.29, 1.82) is 0 Å². The molecule has 0 saturated heterocycles. The maximum atomic E-state index is 11.4. The van der Waals surface area contributed by atoms with E-state index in [1.54, 1.807) is 24.3 Å². The molecule has 1 saturated carbocycles. The van der Waals surface area contributed by atoms with Gasteiger partial charge in [0.1, 0.15) is 11.2 Å². The molecule has 0 radical (unpaired) electrons. The van der Waals surface area contributed by atoms with Gasteiger partial charge in [-0.15, -0.1) is 0 Å². The van der Waals surface area contributed by atoms with Crippen LogP contribution in [-0.2, 0) is 15.0 Å². The Hall–Kier alpha value is -1.35. The zero-order valence-corrected chi connectivity index (χ0v) is 9.33. The molecule has 1 aliphatic rings. The predicted molar refractivity (Wildman–Crippen MR) is 59.6 cm³/mol. The second kappa shape index (κ2) is 3.91. The molecular formula is C12H11ClO3. The fourth-order valence-corrected chi connectivity index (χ4v) is 2.40. The Morgan fingerprint density at radius 2 is 2.19 bits per heavy atom. The largest absolute Gasteiger partial charge is 0.481 e. The zero-order chi connectivity index (χ0) is 11.8. The summed E-state index contributed by atoms with van der Waals surface area (Å²) in [5, 5.41) is 9.83. The lowest BCUT2D eigenvalue weighted by atomic mass is 9.79. The Balaban J connectivity index is 2.48. The van der Waals surface area contributed by atoms with Gasteiger partial charge in [-0.3, -0.25) is 9.59 Å². The average Bonchev–Trinajstić information content (AvgIpc) is 2.62. The number of carboxylic acids is 1. The van der Waals surface area contributed by atoms with E-state index in [1.807, 2.05) is 0 Å². The minimum atomic E-state index is -1.07. The fraction of sp³-hybridized carbons (Fsp3) is 0.333. The Labute approximate surface area is 98.0 Å². The van der Waals surface area contributed by atoms with Crippen LogP contribution in [0.15, 0.2) is 24.3 Å². The van der Waals surface area contributed by atoms with E-state index in [2.05, 4.69) is 0 Å². The molecule has 4 heteroatoms. The molecule has 1 fully saturated rings. The van der Waals surface area contributed by atoms with Crippen molar-refractivity contribution >= 4 is 23.4 Å². The lowest BCUT2D eigenvalue weighted by Crippen LogP contribution is -2.33. The van der Waals surface area contributed by atoms with Crippen molar-refractivity contribution in [2.45, 2.75) is 24.7 Å². The van der Waals surface area contributed by atoms with Gasteiger partial charge in [-0.25, -0.2) is 0 Å². The number of aliphatic carboxylic acids is 1. The Kier molecular flexibility index (Phi) is 2.72. The van der Waals surface area contributed by atoms with Gasteiger partial charge in [-0.2, -0.15) is 0 Å². The van der Waals surface area contributed by atoms with E-state index in [4.69, 9.17) is 11.6 Å². The molecule has 1 N–H and O–H groups in total. The Morgan fingerprint density at radius 1 is 1.44 bits per heavy atom. The summed E-state index contributed by atoms with van der Waals surface area (Å²) in [5.74, 6) is -0.942. The number of hydrogen-bond acceptors (Lipinski definition) is 2. The van der Waals surface area contributed by atoms with Crippen molar-refractivity contribution in [3.05, 3.63) is 34.9 Å². The minimum absolute atomic E-state index is 0.00220. The van der Waals surface area contributed by atoms with Crippen molar-refractivity contribution in [1.82, 2.24) is 0 Å². The van der Waals surface area contributed by atoms with Crippen LogP contribution < -0.4 is 0 Å². The van der Waals surface area contributed by atoms with E-state index in [1.165, 1.54) is 0 Å². The fourth-order valence-electron chi connectivity index (χ4n) is 2.20. The van der Waals surface area contributed by atoms with Gasteiger partial charge in [0.05, 0.1) is 0 Å². The molecule has 0 bridgehead atoms. The number of halogens is 1. The van der Waals surface area contributed by atoms with Crippen LogP contribution in [0.3, 0.4) is 0 Å². The number of carboxylic acid groups (broad SMARTS) is 1. The lowest BCUT2D eigenvalue weighted by molar-refractivity contribution is -0.144. The second-order valence-electron chi connectivity index (χ2n) is 4.11. The number of Topliss-reactive ketones (excluding diaryl/α,β-unsaturated/α-hetero) is 1. The molecule has 84 valence electrons. The molecule has 0 heterocycles. The maximum absolute atomic E-state index is 11.4. The summed E-state index contributed by atoms with van der Waals surface area (Å²) in [6.45, 7) is 0. The number of carbonyl (C=O) groups is 2. The van der Waals surface area contributed by atoms with Gasteiger partial charge < -0.3 is 5.11 Å². The summed E-state index contributed by atoms with van der Waals surface area (Å²) in [7, 11) is 0. The summed E-state index contributed by atoms with van der Waals surface area (Å²) in [4.78, 5) is 22.7. The summed E-state index contributed by atoms with van der Waals surface area (Å²) in [5.41, 5.74) is -0.444. The van der Waals surface area contributed by atoms with Crippen LogP contribution in [0, 0.1) is 0 Å². The van der Waals surface area contributed by atoms with Crippen LogP contribution in [-0.4, -0.2) is 16.9 Å². The Morgan fingerprint density at radius 3 is 2.69 bits per heavy atom. The summed E-state index contributed by atoms with van der Waals surface area (Å²) in [6.07, 6.45) is 0.767. The first kappa shape index (κ1) is 11.1. The van der Waals surface area contributed by atoms with E-state index in [9.17, 15) is 14.7 Å². The van der Waals surface area contributed by atoms with Gasteiger partial charge in [0.25, 0.3) is 0 Å². The number of ketones is 1. The van der Waals surface area contributed by atoms with Crippen molar-refractivity contribution in [3.63, 3.8) is 0 Å². The highest BCUT2D eigenvalue weighted by molar-refractivity contribution is 6.30. The molecule has 0 aromatic heterocycles. The van der Waals surface area contributed by atoms with Gasteiger partial charge in [0.15, 0.2) is 0 Å². The molecule has 16 heavy (non-hydrogen) atoms. The van der Waals surface area contributed by atoms with Gasteiger partial charge in [0.2, 0.25) is 0 Å². The maximum Gasteiger partial charge on any atom is 0.314 e. The van der Waals surface area contributed by atoms with Crippen LogP contribution >= 0.6 is 11.6 Å². The molecule has 0 amide bonds. The molecule has 1 aromatic carbocycles. The number of hydrogen-bond donors (Lipinski definition) is 1. The van der Waals surface area contributed by atoms with Crippen LogP contribution in [0.2, 0.25) is 5.02 Å². The normalized spacial score (nSPS) is 24.7. The van der Waals surface area contributed by atoms with Crippen molar-refractivity contribution in [3.8, 4) is 0 Å². The molecule has 1 atom stereocenters. The first-order valence-electron chi connectivity index (χ1n) is 5.06. The summed E-state index contributed by atoms with van der Waals surface area (Å²) >= 11 is 5.85. The second-order valence-corrected chi connectivity index (χ2v) is 4.55. The molecule has 0 aliphatic heterocycles. The van der Waals surface area contributed by atoms with E-state index in [-0.39, 0.29) is 12.2 Å². The first-order valence-corrected chi connectivity index (χ1v) is 5.43. The first-order chi connectivity index (χ1) is 7.54. The Bertz CT molecular complexity index is 455. The summed E-state index contributed by atoms with van der Waals surface area (Å²) < 4.78 is 0. The monoisotopic (exact) mass is 238 g/mol. The van der Waals surface area contributed by atoms with Crippen molar-refractivity contribution < 1.29 is 14.7 Å². The van der Waals surface area contributed by atoms with Crippen LogP contribution in [0.5, 0.6) is 0 Å². The third kappa shape index (κ3) is 1.71. The zero-order valence-electron chi connectivity index (χ0n) is 8.57. The number of rotatable bonds is 2. The molecule has 1 unspecified atom stereocenters. The van der Waals surface area contributed by atoms with Crippen LogP contribution in [0.25, 0.3) is 0 Å². The lowest BCUT2D eigenvalue weighted by Gasteiger charge is -2.23. The van der Waals surface area contributed by atoms with Gasteiger partial charge in [-0.1, -0.05) is 23.7 Å². The van der Waals surface area contributed by atoms with Crippen molar-refractivity contribution in [2.24, 2.45) is 0 Å². The highest BCUT2D eigenvalue weighted by Gasteiger charge is 2.46. The smallest absolute Gasteiger partial charge is 0.314 e. The molecule has 0 spiro atoms. The SMILES string of the molecule is O=C1CCC(C(=O)O)(c2cccc(Cl)c2)C1. The van der Waals surface area contributed by atoms with Gasteiger partial charge in [0, 0.05) is 17.9 Å². The van der Waals surface area contributed by atoms with E-state index in [0.29, 0.717) is 23.4 Å². The molecular weight excluding hydrogens is 228 g/mol. The molecule has 1 aliphatic carbocycles. The van der Waals surface area contributed by atoms with E-state index >= 15 is 0 Å². The third-order valence-electron chi connectivity index (χ3n) is 3.12.